The second kappa shape index (κ2) is 5.53. The standard InChI is InChI=1S/C14H14FN3O/c1-9-17-12(13(8-16)18-9)5-3-10-7-11(15)4-6-14(10)19-2/h4,6-7H,3,5H2,1-2H3,(H,17,18). The van der Waals surface area contributed by atoms with Gasteiger partial charge in [-0.1, -0.05) is 0 Å². The number of imidazole rings is 1. The summed E-state index contributed by atoms with van der Waals surface area (Å²) < 4.78 is 18.4. The Labute approximate surface area is 110 Å². The normalized spacial score (nSPS) is 10.2. The minimum Gasteiger partial charge on any atom is -0.496 e. The van der Waals surface area contributed by atoms with Crippen molar-refractivity contribution >= 4 is 0 Å². The molecule has 0 atom stereocenters. The van der Waals surface area contributed by atoms with Crippen LogP contribution in [0.4, 0.5) is 4.39 Å². The molecule has 98 valence electrons. The van der Waals surface area contributed by atoms with Crippen LogP contribution in [0.5, 0.6) is 5.75 Å². The van der Waals surface area contributed by atoms with Crippen LogP contribution < -0.4 is 4.74 Å². The summed E-state index contributed by atoms with van der Waals surface area (Å²) in [6.45, 7) is 1.80. The van der Waals surface area contributed by atoms with Crippen LogP contribution in [0.15, 0.2) is 18.2 Å². The predicted molar refractivity (Wildman–Crippen MR) is 68.4 cm³/mol. The average Bonchev–Trinajstić information content (AvgIpc) is 2.77. The van der Waals surface area contributed by atoms with E-state index in [-0.39, 0.29) is 5.82 Å². The van der Waals surface area contributed by atoms with Crippen molar-refractivity contribution in [2.45, 2.75) is 19.8 Å². The zero-order valence-corrected chi connectivity index (χ0v) is 10.8. The van der Waals surface area contributed by atoms with Gasteiger partial charge in [0.15, 0.2) is 5.69 Å². The molecule has 1 N–H and O–H groups in total. The number of rotatable bonds is 4. The molecule has 0 aliphatic carbocycles. The van der Waals surface area contributed by atoms with Crippen molar-refractivity contribution in [2.75, 3.05) is 7.11 Å². The molecule has 2 aromatic rings. The van der Waals surface area contributed by atoms with E-state index in [1.54, 1.807) is 20.1 Å². The van der Waals surface area contributed by atoms with Crippen LogP contribution in [0, 0.1) is 24.1 Å². The topological polar surface area (TPSA) is 61.7 Å². The molecule has 0 saturated carbocycles. The van der Waals surface area contributed by atoms with Gasteiger partial charge < -0.3 is 9.72 Å². The fraction of sp³-hybridized carbons (Fsp3) is 0.286. The molecular weight excluding hydrogens is 245 g/mol. The summed E-state index contributed by atoms with van der Waals surface area (Å²) in [5.41, 5.74) is 1.94. The molecule has 1 aromatic heterocycles. The van der Waals surface area contributed by atoms with Crippen molar-refractivity contribution in [3.8, 4) is 11.8 Å². The first-order valence-electron chi connectivity index (χ1n) is 5.92. The Balaban J connectivity index is 2.18. The number of methoxy groups -OCH3 is 1. The number of aryl methyl sites for hydroxylation is 3. The molecule has 0 aliphatic heterocycles. The predicted octanol–water partition coefficient (Wildman–Crippen LogP) is 2.52. The highest BCUT2D eigenvalue weighted by Gasteiger charge is 2.10. The van der Waals surface area contributed by atoms with E-state index in [1.807, 2.05) is 6.07 Å². The van der Waals surface area contributed by atoms with Crippen LogP contribution >= 0.6 is 0 Å². The number of hydrogen-bond donors (Lipinski definition) is 1. The molecule has 0 radical (unpaired) electrons. The molecule has 0 amide bonds. The van der Waals surface area contributed by atoms with Crippen LogP contribution in [0.3, 0.4) is 0 Å². The molecule has 1 aromatic carbocycles. The molecule has 0 spiro atoms. The maximum Gasteiger partial charge on any atom is 0.161 e. The van der Waals surface area contributed by atoms with E-state index in [1.165, 1.54) is 12.1 Å². The van der Waals surface area contributed by atoms with Gasteiger partial charge >= 0.3 is 0 Å². The fourth-order valence-electron chi connectivity index (χ4n) is 2.02. The highest BCUT2D eigenvalue weighted by molar-refractivity contribution is 5.35. The van der Waals surface area contributed by atoms with Crippen LogP contribution in [-0.4, -0.2) is 17.1 Å². The van der Waals surface area contributed by atoms with E-state index in [4.69, 9.17) is 10.00 Å². The van der Waals surface area contributed by atoms with Gasteiger partial charge in [0.1, 0.15) is 23.5 Å². The Morgan fingerprint density at radius 2 is 2.21 bits per heavy atom. The van der Waals surface area contributed by atoms with E-state index >= 15 is 0 Å². The highest BCUT2D eigenvalue weighted by atomic mass is 19.1. The highest BCUT2D eigenvalue weighted by Crippen LogP contribution is 2.21. The zero-order valence-electron chi connectivity index (χ0n) is 10.8. The third-order valence-electron chi connectivity index (χ3n) is 2.89. The first kappa shape index (κ1) is 13.1. The molecule has 4 nitrogen and oxygen atoms in total. The van der Waals surface area contributed by atoms with Gasteiger partial charge in [-0.25, -0.2) is 9.37 Å². The average molecular weight is 259 g/mol. The number of nitrogens with zero attached hydrogens (tertiary/aromatic N) is 2. The Bertz CT molecular complexity index is 628. The molecule has 5 heteroatoms. The van der Waals surface area contributed by atoms with Crippen molar-refractivity contribution in [1.29, 1.82) is 5.26 Å². The summed E-state index contributed by atoms with van der Waals surface area (Å²) in [6.07, 6.45) is 1.17. The number of aromatic nitrogens is 2. The lowest BCUT2D eigenvalue weighted by atomic mass is 10.1. The van der Waals surface area contributed by atoms with Crippen LogP contribution in [0.25, 0.3) is 0 Å². The largest absolute Gasteiger partial charge is 0.496 e. The maximum atomic E-state index is 13.2. The number of halogens is 1. The molecule has 1 heterocycles. The van der Waals surface area contributed by atoms with Gasteiger partial charge in [-0.2, -0.15) is 5.26 Å². The van der Waals surface area contributed by atoms with Gasteiger partial charge in [-0.05, 0) is 43.5 Å². The summed E-state index contributed by atoms with van der Waals surface area (Å²) in [6, 6.07) is 6.47. The summed E-state index contributed by atoms with van der Waals surface area (Å²) in [5.74, 6) is 1.06. The van der Waals surface area contributed by atoms with Gasteiger partial charge in [0.2, 0.25) is 0 Å². The zero-order chi connectivity index (χ0) is 13.8. The van der Waals surface area contributed by atoms with E-state index in [0.29, 0.717) is 30.1 Å². The van der Waals surface area contributed by atoms with Gasteiger partial charge in [0.25, 0.3) is 0 Å². The Kier molecular flexibility index (Phi) is 3.81. The first-order chi connectivity index (χ1) is 9.13. The lowest BCUT2D eigenvalue weighted by molar-refractivity contribution is 0.408. The monoisotopic (exact) mass is 259 g/mol. The van der Waals surface area contributed by atoms with Crippen molar-refractivity contribution in [3.63, 3.8) is 0 Å². The number of aromatic amines is 1. The van der Waals surface area contributed by atoms with E-state index in [9.17, 15) is 4.39 Å². The Morgan fingerprint density at radius 3 is 2.89 bits per heavy atom. The van der Waals surface area contributed by atoms with Crippen LogP contribution in [0.2, 0.25) is 0 Å². The number of nitriles is 1. The summed E-state index contributed by atoms with van der Waals surface area (Å²) in [5, 5.41) is 8.96. The third kappa shape index (κ3) is 2.91. The summed E-state index contributed by atoms with van der Waals surface area (Å²) in [4.78, 5) is 7.13. The van der Waals surface area contributed by atoms with E-state index < -0.39 is 0 Å². The molecule has 0 saturated heterocycles. The Hall–Kier alpha value is -2.35. The lowest BCUT2D eigenvalue weighted by Crippen LogP contribution is -1.98. The number of nitrogens with one attached hydrogen (secondary N) is 1. The number of hydrogen-bond acceptors (Lipinski definition) is 3. The third-order valence-corrected chi connectivity index (χ3v) is 2.89. The number of ether oxygens (including phenoxy) is 1. The fourth-order valence-corrected chi connectivity index (χ4v) is 2.02. The lowest BCUT2D eigenvalue weighted by Gasteiger charge is -2.07. The molecule has 19 heavy (non-hydrogen) atoms. The SMILES string of the molecule is COc1ccc(F)cc1CCc1[nH]c(C)nc1C#N. The smallest absolute Gasteiger partial charge is 0.161 e. The second-order valence-corrected chi connectivity index (χ2v) is 4.22. The quantitative estimate of drug-likeness (QED) is 0.917. The Morgan fingerprint density at radius 1 is 1.42 bits per heavy atom. The summed E-state index contributed by atoms with van der Waals surface area (Å²) in [7, 11) is 1.55. The van der Waals surface area contributed by atoms with Crippen LogP contribution in [0.1, 0.15) is 22.8 Å². The molecule has 0 bridgehead atoms. The van der Waals surface area contributed by atoms with Gasteiger partial charge in [-0.15, -0.1) is 0 Å². The second-order valence-electron chi connectivity index (χ2n) is 4.22. The molecule has 2 rings (SSSR count). The molecule has 0 fully saturated rings. The van der Waals surface area contributed by atoms with Crippen LogP contribution in [-0.2, 0) is 12.8 Å². The number of H-pyrrole nitrogens is 1. The van der Waals surface area contributed by atoms with Crippen molar-refractivity contribution in [1.82, 2.24) is 9.97 Å². The van der Waals surface area contributed by atoms with E-state index in [2.05, 4.69) is 9.97 Å². The van der Waals surface area contributed by atoms with E-state index in [0.717, 1.165) is 11.3 Å². The van der Waals surface area contributed by atoms with Gasteiger partial charge in [-0.3, -0.25) is 0 Å². The minimum absolute atomic E-state index is 0.294. The van der Waals surface area contributed by atoms with Crippen molar-refractivity contribution in [3.05, 3.63) is 46.8 Å². The van der Waals surface area contributed by atoms with Gasteiger partial charge in [0, 0.05) is 0 Å². The van der Waals surface area contributed by atoms with Gasteiger partial charge in [0.05, 0.1) is 12.8 Å². The first-order valence-corrected chi connectivity index (χ1v) is 5.92. The maximum absolute atomic E-state index is 13.2. The summed E-state index contributed by atoms with van der Waals surface area (Å²) >= 11 is 0. The number of benzene rings is 1. The molecular formula is C14H14FN3O. The molecule has 0 unspecified atom stereocenters. The minimum atomic E-state index is -0.294. The molecule has 0 aliphatic rings. The van der Waals surface area contributed by atoms with Crippen molar-refractivity contribution < 1.29 is 9.13 Å². The van der Waals surface area contributed by atoms with Crippen molar-refractivity contribution in [2.24, 2.45) is 0 Å².